The van der Waals surface area contributed by atoms with E-state index in [0.29, 0.717) is 13.2 Å². The topological polar surface area (TPSA) is 72.6 Å². The molecule has 5 heteroatoms. The zero-order chi connectivity index (χ0) is 11.4. The molecule has 0 aromatic carbocycles. The van der Waals surface area contributed by atoms with Crippen LogP contribution in [0.5, 0.6) is 0 Å². The van der Waals surface area contributed by atoms with Crippen molar-refractivity contribution in [3.05, 3.63) is 0 Å². The van der Waals surface area contributed by atoms with Crippen LogP contribution < -0.4 is 5.73 Å². The van der Waals surface area contributed by atoms with Crippen LogP contribution in [-0.4, -0.2) is 43.0 Å². The van der Waals surface area contributed by atoms with Gasteiger partial charge in [-0.3, -0.25) is 9.59 Å². The average Bonchev–Trinajstić information content (AvgIpc) is 2.91. The van der Waals surface area contributed by atoms with Gasteiger partial charge in [-0.1, -0.05) is 0 Å². The van der Waals surface area contributed by atoms with Crippen LogP contribution in [0, 0.1) is 5.92 Å². The average molecular weight is 214 g/mol. The summed E-state index contributed by atoms with van der Waals surface area (Å²) >= 11 is 0. The van der Waals surface area contributed by atoms with Crippen LogP contribution in [0.2, 0.25) is 0 Å². The maximum Gasteiger partial charge on any atom is 0.307 e. The van der Waals surface area contributed by atoms with Gasteiger partial charge in [0.25, 0.3) is 0 Å². The van der Waals surface area contributed by atoms with E-state index in [-0.39, 0.29) is 30.3 Å². The molecule has 2 N–H and O–H groups in total. The molecule has 0 bridgehead atoms. The molecule has 0 aromatic heterocycles. The van der Waals surface area contributed by atoms with Crippen LogP contribution in [0.25, 0.3) is 0 Å². The first-order chi connectivity index (χ1) is 7.06. The number of carbonyl (C=O) groups excluding carboxylic acids is 2. The first-order valence-corrected chi connectivity index (χ1v) is 5.22. The smallest absolute Gasteiger partial charge is 0.307 e. The summed E-state index contributed by atoms with van der Waals surface area (Å²) in [5, 5.41) is 0. The van der Waals surface area contributed by atoms with Crippen molar-refractivity contribution >= 4 is 11.9 Å². The molecule has 86 valence electrons. The predicted molar refractivity (Wildman–Crippen MR) is 55.0 cm³/mol. The van der Waals surface area contributed by atoms with Crippen LogP contribution in [0.3, 0.4) is 0 Å². The first kappa shape index (κ1) is 12.0. The quantitative estimate of drug-likeness (QED) is 0.640. The number of ether oxygens (including phenoxy) is 1. The van der Waals surface area contributed by atoms with Gasteiger partial charge in [0.1, 0.15) is 0 Å². The van der Waals surface area contributed by atoms with E-state index in [9.17, 15) is 9.59 Å². The van der Waals surface area contributed by atoms with Gasteiger partial charge in [0.15, 0.2) is 0 Å². The Morgan fingerprint density at radius 3 is 2.60 bits per heavy atom. The molecule has 0 spiro atoms. The van der Waals surface area contributed by atoms with Gasteiger partial charge in [-0.05, 0) is 13.3 Å². The molecule has 2 atom stereocenters. The fraction of sp³-hybridized carbons (Fsp3) is 0.800. The number of rotatable bonds is 5. The molecule has 2 unspecified atom stereocenters. The van der Waals surface area contributed by atoms with Crippen LogP contribution in [0.15, 0.2) is 0 Å². The van der Waals surface area contributed by atoms with Gasteiger partial charge in [-0.2, -0.15) is 0 Å². The van der Waals surface area contributed by atoms with E-state index in [0.717, 1.165) is 6.42 Å². The molecular weight excluding hydrogens is 196 g/mol. The van der Waals surface area contributed by atoms with Gasteiger partial charge in [-0.15, -0.1) is 0 Å². The SMILES string of the molecule is CCOC(=O)CCN(C)C(=O)C1CC1N. The van der Waals surface area contributed by atoms with Crippen molar-refractivity contribution in [2.75, 3.05) is 20.2 Å². The van der Waals surface area contributed by atoms with Crippen molar-refractivity contribution in [1.29, 1.82) is 0 Å². The molecule has 0 aliphatic heterocycles. The third kappa shape index (κ3) is 3.51. The third-order valence-electron chi connectivity index (χ3n) is 2.49. The minimum absolute atomic E-state index is 0.0162. The highest BCUT2D eigenvalue weighted by molar-refractivity contribution is 5.82. The maximum atomic E-state index is 11.6. The fourth-order valence-electron chi connectivity index (χ4n) is 1.38. The number of hydrogen-bond acceptors (Lipinski definition) is 4. The number of amides is 1. The monoisotopic (exact) mass is 214 g/mol. The summed E-state index contributed by atoms with van der Waals surface area (Å²) < 4.78 is 4.77. The van der Waals surface area contributed by atoms with E-state index in [4.69, 9.17) is 10.5 Å². The standard InChI is InChI=1S/C10H18N2O3/c1-3-15-9(13)4-5-12(2)10(14)7-6-8(7)11/h7-8H,3-6,11H2,1-2H3. The number of nitrogens with zero attached hydrogens (tertiary/aromatic N) is 1. The molecule has 0 radical (unpaired) electrons. The van der Waals surface area contributed by atoms with Crippen molar-refractivity contribution in [3.8, 4) is 0 Å². The van der Waals surface area contributed by atoms with E-state index in [1.807, 2.05) is 0 Å². The summed E-state index contributed by atoms with van der Waals surface area (Å²) in [7, 11) is 1.69. The molecule has 0 aromatic rings. The number of hydrogen-bond donors (Lipinski definition) is 1. The first-order valence-electron chi connectivity index (χ1n) is 5.22. The van der Waals surface area contributed by atoms with E-state index in [1.54, 1.807) is 18.9 Å². The minimum Gasteiger partial charge on any atom is -0.466 e. The van der Waals surface area contributed by atoms with Gasteiger partial charge < -0.3 is 15.4 Å². The Labute approximate surface area is 89.6 Å². The zero-order valence-corrected chi connectivity index (χ0v) is 9.23. The minimum atomic E-state index is -0.266. The van der Waals surface area contributed by atoms with Gasteiger partial charge >= 0.3 is 5.97 Å². The predicted octanol–water partition coefficient (Wildman–Crippen LogP) is -0.255. The summed E-state index contributed by atoms with van der Waals surface area (Å²) in [5.41, 5.74) is 5.57. The number of esters is 1. The fourth-order valence-corrected chi connectivity index (χ4v) is 1.38. The molecule has 1 aliphatic rings. The summed E-state index contributed by atoms with van der Waals surface area (Å²) in [5.74, 6) is -0.263. The summed E-state index contributed by atoms with van der Waals surface area (Å²) in [6.07, 6.45) is 1.01. The van der Waals surface area contributed by atoms with E-state index in [2.05, 4.69) is 0 Å². The van der Waals surface area contributed by atoms with Crippen molar-refractivity contribution in [1.82, 2.24) is 4.90 Å². The van der Waals surface area contributed by atoms with Crippen molar-refractivity contribution < 1.29 is 14.3 Å². The number of nitrogens with two attached hydrogens (primary N) is 1. The highest BCUT2D eigenvalue weighted by atomic mass is 16.5. The van der Waals surface area contributed by atoms with E-state index in [1.165, 1.54) is 0 Å². The lowest BCUT2D eigenvalue weighted by molar-refractivity contribution is -0.144. The van der Waals surface area contributed by atoms with Crippen LogP contribution in [0.1, 0.15) is 19.8 Å². The van der Waals surface area contributed by atoms with Crippen LogP contribution in [-0.2, 0) is 14.3 Å². The van der Waals surface area contributed by atoms with E-state index < -0.39 is 0 Å². The third-order valence-corrected chi connectivity index (χ3v) is 2.49. The van der Waals surface area contributed by atoms with Crippen molar-refractivity contribution in [3.63, 3.8) is 0 Å². The second-order valence-corrected chi connectivity index (χ2v) is 3.82. The Balaban J connectivity index is 2.20. The van der Waals surface area contributed by atoms with Gasteiger partial charge in [0.2, 0.25) is 5.91 Å². The largest absolute Gasteiger partial charge is 0.466 e. The zero-order valence-electron chi connectivity index (χ0n) is 9.23. The molecule has 0 saturated heterocycles. The number of carbonyl (C=O) groups is 2. The van der Waals surface area contributed by atoms with Crippen molar-refractivity contribution in [2.45, 2.75) is 25.8 Å². The molecular formula is C10H18N2O3. The highest BCUT2D eigenvalue weighted by Crippen LogP contribution is 2.29. The Hall–Kier alpha value is -1.10. The Bertz CT molecular complexity index is 255. The Kier molecular flexibility index (Phi) is 4.08. The molecule has 1 amide bonds. The molecule has 1 rings (SSSR count). The lowest BCUT2D eigenvalue weighted by atomic mass is 10.3. The normalized spacial score (nSPS) is 23.4. The Morgan fingerprint density at radius 1 is 1.53 bits per heavy atom. The summed E-state index contributed by atoms with van der Waals surface area (Å²) in [4.78, 5) is 24.2. The molecule has 5 nitrogen and oxygen atoms in total. The molecule has 0 heterocycles. The lowest BCUT2D eigenvalue weighted by Crippen LogP contribution is -2.32. The molecule has 1 fully saturated rings. The van der Waals surface area contributed by atoms with Crippen LogP contribution >= 0.6 is 0 Å². The summed E-state index contributed by atoms with van der Waals surface area (Å²) in [6.45, 7) is 2.54. The summed E-state index contributed by atoms with van der Waals surface area (Å²) in [6, 6.07) is 0.0162. The Morgan fingerprint density at radius 2 is 2.13 bits per heavy atom. The highest BCUT2D eigenvalue weighted by Gasteiger charge is 2.41. The van der Waals surface area contributed by atoms with Gasteiger partial charge in [-0.25, -0.2) is 0 Å². The maximum absolute atomic E-state index is 11.6. The van der Waals surface area contributed by atoms with Crippen molar-refractivity contribution in [2.24, 2.45) is 11.7 Å². The van der Waals surface area contributed by atoms with Gasteiger partial charge in [0, 0.05) is 19.6 Å². The second-order valence-electron chi connectivity index (χ2n) is 3.82. The molecule has 1 aliphatic carbocycles. The van der Waals surface area contributed by atoms with Gasteiger partial charge in [0.05, 0.1) is 18.9 Å². The second kappa shape index (κ2) is 5.11. The van der Waals surface area contributed by atoms with Crippen LogP contribution in [0.4, 0.5) is 0 Å². The molecule has 15 heavy (non-hydrogen) atoms. The van der Waals surface area contributed by atoms with E-state index >= 15 is 0 Å². The lowest BCUT2D eigenvalue weighted by Gasteiger charge is -2.16. The molecule has 1 saturated carbocycles.